The summed E-state index contributed by atoms with van der Waals surface area (Å²) in [6.45, 7) is 4.24. The topological polar surface area (TPSA) is 85.2 Å². The van der Waals surface area contributed by atoms with Gasteiger partial charge in [0, 0.05) is 24.6 Å². The van der Waals surface area contributed by atoms with E-state index in [0.29, 0.717) is 27.8 Å². The van der Waals surface area contributed by atoms with Crippen LogP contribution >= 0.6 is 11.6 Å². The van der Waals surface area contributed by atoms with Gasteiger partial charge in [0.15, 0.2) is 0 Å². The minimum atomic E-state index is -0.271. The molecule has 0 radical (unpaired) electrons. The molecule has 2 aromatic carbocycles. The van der Waals surface area contributed by atoms with Crippen molar-refractivity contribution >= 4 is 40.1 Å². The van der Waals surface area contributed by atoms with Crippen molar-refractivity contribution in [1.29, 1.82) is 0 Å². The predicted molar refractivity (Wildman–Crippen MR) is 114 cm³/mol. The maximum atomic E-state index is 12.4. The Balaban J connectivity index is 1.58. The molecule has 0 aliphatic heterocycles. The summed E-state index contributed by atoms with van der Waals surface area (Å²) in [6.07, 6.45) is 0.139. The Kier molecular flexibility index (Phi) is 6.39. The number of anilines is 1. The molecule has 3 rings (SSSR count). The lowest BCUT2D eigenvalue weighted by Crippen LogP contribution is -2.27. The van der Waals surface area contributed by atoms with E-state index >= 15 is 0 Å². The third-order valence-corrected chi connectivity index (χ3v) is 4.71. The average molecular weight is 415 g/mol. The average Bonchev–Trinajstić information content (AvgIpc) is 3.03. The number of ether oxygens (including phenoxy) is 1. The van der Waals surface area contributed by atoms with Gasteiger partial charge in [0.1, 0.15) is 5.75 Å². The van der Waals surface area contributed by atoms with Crippen LogP contribution in [0.25, 0.3) is 11.0 Å². The zero-order valence-corrected chi connectivity index (χ0v) is 17.3. The summed E-state index contributed by atoms with van der Waals surface area (Å²) in [5, 5.41) is 5.92. The number of benzene rings is 2. The first-order valence-corrected chi connectivity index (χ1v) is 9.67. The van der Waals surface area contributed by atoms with Crippen LogP contribution in [0.2, 0.25) is 5.28 Å². The van der Waals surface area contributed by atoms with Crippen molar-refractivity contribution in [3.63, 3.8) is 0 Å². The first-order valence-electron chi connectivity index (χ1n) is 9.29. The van der Waals surface area contributed by atoms with E-state index in [4.69, 9.17) is 16.3 Å². The first kappa shape index (κ1) is 20.7. The van der Waals surface area contributed by atoms with Crippen LogP contribution in [0.5, 0.6) is 5.75 Å². The quantitative estimate of drug-likeness (QED) is 0.611. The minimum Gasteiger partial charge on any atom is -0.495 e. The van der Waals surface area contributed by atoms with E-state index in [0.717, 1.165) is 5.52 Å². The number of fused-ring (bicyclic) bond motifs is 1. The van der Waals surface area contributed by atoms with Crippen molar-refractivity contribution in [1.82, 2.24) is 14.9 Å². The summed E-state index contributed by atoms with van der Waals surface area (Å²) >= 11 is 6.20. The van der Waals surface area contributed by atoms with Gasteiger partial charge in [-0.1, -0.05) is 12.1 Å². The molecule has 7 nitrogen and oxygen atoms in total. The highest BCUT2D eigenvalue weighted by atomic mass is 35.5. The first-order chi connectivity index (χ1) is 13.9. The van der Waals surface area contributed by atoms with Crippen molar-refractivity contribution in [2.45, 2.75) is 26.3 Å². The number of nitrogens with zero attached hydrogens (tertiary/aromatic N) is 2. The van der Waals surface area contributed by atoms with Gasteiger partial charge >= 0.3 is 0 Å². The predicted octanol–water partition coefficient (Wildman–Crippen LogP) is 4.04. The van der Waals surface area contributed by atoms with Crippen LogP contribution in [0, 0.1) is 0 Å². The molecule has 1 aromatic heterocycles. The van der Waals surface area contributed by atoms with Gasteiger partial charge in [-0.25, -0.2) is 4.98 Å². The summed E-state index contributed by atoms with van der Waals surface area (Å²) < 4.78 is 7.11. The summed E-state index contributed by atoms with van der Waals surface area (Å²) in [4.78, 5) is 28.9. The molecule has 3 aromatic rings. The third kappa shape index (κ3) is 4.68. The number of para-hydroxylation sites is 2. The number of imidazole rings is 1. The molecular weight excluding hydrogens is 392 g/mol. The Labute approximate surface area is 174 Å². The molecule has 0 spiro atoms. The van der Waals surface area contributed by atoms with Gasteiger partial charge in [-0.15, -0.1) is 0 Å². The lowest BCUT2D eigenvalue weighted by Gasteiger charge is -2.10. The number of aromatic nitrogens is 2. The molecule has 0 saturated heterocycles. The standard InChI is InChI=1S/C21H23ClN4O3/c1-13(2)26-17-9-8-14(12-16(17)25-21(26)22)20(28)23-11-10-19(27)24-15-6-4-5-7-18(15)29-3/h4-9,12-13H,10-11H2,1-3H3,(H,23,28)(H,24,27). The monoisotopic (exact) mass is 414 g/mol. The van der Waals surface area contributed by atoms with Crippen LogP contribution < -0.4 is 15.4 Å². The fourth-order valence-corrected chi connectivity index (χ4v) is 3.43. The van der Waals surface area contributed by atoms with Crippen LogP contribution in [0.15, 0.2) is 42.5 Å². The normalized spacial score (nSPS) is 10.9. The second-order valence-corrected chi connectivity index (χ2v) is 7.14. The number of nitrogens with one attached hydrogen (secondary N) is 2. The van der Waals surface area contributed by atoms with Gasteiger partial charge in [0.25, 0.3) is 5.91 Å². The number of halogens is 1. The number of methoxy groups -OCH3 is 1. The molecule has 0 aliphatic carbocycles. The van der Waals surface area contributed by atoms with Gasteiger partial charge in [0.2, 0.25) is 11.2 Å². The molecule has 0 atom stereocenters. The molecule has 0 fully saturated rings. The number of hydrogen-bond acceptors (Lipinski definition) is 4. The number of carbonyl (C=O) groups excluding carboxylic acids is 2. The van der Waals surface area contributed by atoms with Crippen LogP contribution in [-0.2, 0) is 4.79 Å². The van der Waals surface area contributed by atoms with Crippen molar-refractivity contribution in [3.05, 3.63) is 53.3 Å². The Bertz CT molecular complexity index is 1050. The van der Waals surface area contributed by atoms with E-state index in [1.807, 2.05) is 36.6 Å². The molecule has 2 N–H and O–H groups in total. The Morgan fingerprint density at radius 2 is 1.97 bits per heavy atom. The largest absolute Gasteiger partial charge is 0.495 e. The van der Waals surface area contributed by atoms with E-state index in [1.165, 1.54) is 0 Å². The van der Waals surface area contributed by atoms with Crippen molar-refractivity contribution in [2.24, 2.45) is 0 Å². The summed E-state index contributed by atoms with van der Waals surface area (Å²) in [7, 11) is 1.54. The molecule has 8 heteroatoms. The molecule has 152 valence electrons. The van der Waals surface area contributed by atoms with Crippen molar-refractivity contribution in [2.75, 3.05) is 19.0 Å². The van der Waals surface area contributed by atoms with E-state index in [9.17, 15) is 9.59 Å². The zero-order valence-electron chi connectivity index (χ0n) is 16.5. The summed E-state index contributed by atoms with van der Waals surface area (Å²) in [6, 6.07) is 12.6. The Morgan fingerprint density at radius 3 is 2.69 bits per heavy atom. The lowest BCUT2D eigenvalue weighted by molar-refractivity contribution is -0.116. The van der Waals surface area contributed by atoms with Crippen LogP contribution in [0.3, 0.4) is 0 Å². The Morgan fingerprint density at radius 1 is 1.21 bits per heavy atom. The van der Waals surface area contributed by atoms with Crippen molar-refractivity contribution in [3.8, 4) is 5.75 Å². The maximum absolute atomic E-state index is 12.4. The van der Waals surface area contributed by atoms with Gasteiger partial charge < -0.3 is 19.9 Å². The van der Waals surface area contributed by atoms with Gasteiger partial charge in [-0.3, -0.25) is 9.59 Å². The summed E-state index contributed by atoms with van der Waals surface area (Å²) in [5.74, 6) is 0.0950. The molecule has 0 bridgehead atoms. The number of hydrogen-bond donors (Lipinski definition) is 2. The molecular formula is C21H23ClN4O3. The summed E-state index contributed by atoms with van der Waals surface area (Å²) in [5.41, 5.74) is 2.59. The highest BCUT2D eigenvalue weighted by Gasteiger charge is 2.14. The smallest absolute Gasteiger partial charge is 0.251 e. The minimum absolute atomic E-state index is 0.139. The zero-order chi connectivity index (χ0) is 21.0. The fourth-order valence-electron chi connectivity index (χ4n) is 3.05. The van der Waals surface area contributed by atoms with Crippen LogP contribution in [-0.4, -0.2) is 35.0 Å². The van der Waals surface area contributed by atoms with E-state index in [-0.39, 0.29) is 30.8 Å². The van der Waals surface area contributed by atoms with E-state index < -0.39 is 0 Å². The van der Waals surface area contributed by atoms with E-state index in [1.54, 1.807) is 31.4 Å². The molecule has 1 heterocycles. The molecule has 0 aliphatic rings. The fraction of sp³-hybridized carbons (Fsp3) is 0.286. The highest BCUT2D eigenvalue weighted by molar-refractivity contribution is 6.29. The van der Waals surface area contributed by atoms with Gasteiger partial charge in [0.05, 0.1) is 23.8 Å². The molecule has 0 unspecified atom stereocenters. The molecule has 29 heavy (non-hydrogen) atoms. The SMILES string of the molecule is COc1ccccc1NC(=O)CCNC(=O)c1ccc2c(c1)nc(Cl)n2C(C)C. The molecule has 2 amide bonds. The van der Waals surface area contributed by atoms with Crippen molar-refractivity contribution < 1.29 is 14.3 Å². The Hall–Kier alpha value is -3.06. The van der Waals surface area contributed by atoms with Gasteiger partial charge in [-0.2, -0.15) is 0 Å². The maximum Gasteiger partial charge on any atom is 0.251 e. The highest BCUT2D eigenvalue weighted by Crippen LogP contribution is 2.25. The second-order valence-electron chi connectivity index (χ2n) is 6.80. The van der Waals surface area contributed by atoms with E-state index in [2.05, 4.69) is 15.6 Å². The number of amides is 2. The number of carbonyl (C=O) groups is 2. The second kappa shape index (κ2) is 8.96. The number of rotatable bonds is 7. The van der Waals surface area contributed by atoms with Gasteiger partial charge in [-0.05, 0) is 55.8 Å². The third-order valence-electron chi connectivity index (χ3n) is 4.44. The van der Waals surface area contributed by atoms with Crippen LogP contribution in [0.4, 0.5) is 5.69 Å². The lowest BCUT2D eigenvalue weighted by atomic mass is 10.2. The van der Waals surface area contributed by atoms with Crippen LogP contribution in [0.1, 0.15) is 36.7 Å². The molecule has 0 saturated carbocycles.